The maximum Gasteiger partial charge on any atom is 0.217 e. The molecular weight excluding hydrogens is 1650 g/mol. The number of thiophene rings is 1. The van der Waals surface area contributed by atoms with Crippen molar-refractivity contribution in [2.24, 2.45) is 5.92 Å². The molecule has 118 heavy (non-hydrogen) atoms. The van der Waals surface area contributed by atoms with Crippen LogP contribution in [0.5, 0.6) is 17.2 Å². The Morgan fingerprint density at radius 1 is 0.458 bits per heavy atom. The average molecular weight is 1750 g/mol. The Balaban J connectivity index is 0.000000282. The maximum absolute atomic E-state index is 11.6. The molecule has 2 N–H and O–H groups in total. The van der Waals surface area contributed by atoms with Crippen LogP contribution in [0.15, 0.2) is 282 Å². The summed E-state index contributed by atoms with van der Waals surface area (Å²) in [6, 6.07) is 67.1. The molecule has 4 heterocycles. The minimum absolute atomic E-state index is 0.00926. The van der Waals surface area contributed by atoms with Crippen LogP contribution in [0.3, 0.4) is 0 Å². The van der Waals surface area contributed by atoms with E-state index in [1.807, 2.05) is 104 Å². The van der Waals surface area contributed by atoms with Gasteiger partial charge in [-0.1, -0.05) is 135 Å². The van der Waals surface area contributed by atoms with Crippen molar-refractivity contribution >= 4 is 132 Å². The van der Waals surface area contributed by atoms with E-state index < -0.39 is 59.0 Å². The first-order valence-electron chi connectivity index (χ1n) is 36.2. The molecule has 0 fully saturated rings. The highest BCUT2D eigenvalue weighted by atomic mass is 32.2. The van der Waals surface area contributed by atoms with Crippen LogP contribution in [0.2, 0.25) is 0 Å². The lowest BCUT2D eigenvalue weighted by Crippen LogP contribution is -2.35. The van der Waals surface area contributed by atoms with Crippen molar-refractivity contribution in [3.8, 4) is 17.2 Å². The van der Waals surface area contributed by atoms with Crippen LogP contribution >= 0.6 is 11.3 Å². The van der Waals surface area contributed by atoms with Gasteiger partial charge in [-0.25, -0.2) is 55.5 Å². The molecule has 2 amide bonds. The minimum Gasteiger partial charge on any atom is -0.488 e. The highest BCUT2D eigenvalue weighted by molar-refractivity contribution is 7.92. The number of Topliss-reactive ketones (excluding diaryl/α,β-unsaturated/α-hetero) is 3. The van der Waals surface area contributed by atoms with Crippen LogP contribution in [0.1, 0.15) is 94.6 Å². The molecule has 0 aliphatic carbocycles. The van der Waals surface area contributed by atoms with Crippen LogP contribution in [0, 0.1) is 19.8 Å². The summed E-state index contributed by atoms with van der Waals surface area (Å²) in [5, 5.41) is 9.76. The second-order valence-corrected chi connectivity index (χ2v) is 40.3. The molecule has 0 aliphatic rings. The minimum atomic E-state index is -3.26. The van der Waals surface area contributed by atoms with E-state index in [1.165, 1.54) is 75.7 Å². The molecule has 2 atom stereocenters. The summed E-state index contributed by atoms with van der Waals surface area (Å²) >= 11 is 1.45. The van der Waals surface area contributed by atoms with Crippen molar-refractivity contribution in [3.05, 3.63) is 270 Å². The third-order valence-corrected chi connectivity index (χ3v) is 23.6. The Morgan fingerprint density at radius 3 is 1.45 bits per heavy atom. The van der Waals surface area contributed by atoms with E-state index in [-0.39, 0.29) is 56.1 Å². The van der Waals surface area contributed by atoms with Gasteiger partial charge in [-0.3, -0.25) is 29.0 Å². The molecule has 12 aromatic rings. The van der Waals surface area contributed by atoms with Gasteiger partial charge >= 0.3 is 0 Å². The Kier molecular flexibility index (Phi) is 39.5. The fourth-order valence-electron chi connectivity index (χ4n) is 10.2. The topological polar surface area (TPSA) is 372 Å². The van der Waals surface area contributed by atoms with E-state index in [4.69, 9.17) is 13.9 Å². The number of ether oxygens (including phenoxy) is 2. The van der Waals surface area contributed by atoms with Crippen LogP contribution < -0.4 is 20.1 Å². The number of hydrogen-bond acceptors (Lipinski definition) is 23. The molecular formula is C87H100N4O20S7. The lowest BCUT2D eigenvalue weighted by Gasteiger charge is -2.18. The number of ketones is 3. The standard InChI is InChI=1S/C14H14O3S.C14H12O2.C13H10O3S.C10H9NO2S.C10H19NO2.C8H10O2S.C6H7NO2S.C6H11NO2.C6H8O2S2/c1-18(15,16)14-10-6-5-9-13(14)17-11-12-7-3-2-4-8-12;1-11(15)12-7-9-14(10-8-12)16-13-5-3-2-4-6-13;1-17(14,15)9-6-7-13-11(8-9)10-4-2-3-5-12(10)16-13;1-14(12,13)9-6-2-4-8-5-3-7-11-10(8)9;1-7(2)5-10(6-8(3)12)11-9(4)13;1-7-3-5-8(6-4-7)11(2,9)10;1-10(8,9)6-4-2-3-5-7-6;1-4(5(2)8)7-6(3)9;1-5-6(3-4-9-5)10(2,7)8/h2-10H,11H2,1H3;2-10H,1H3;2-8H,1H3;2-7H,1H3;7,10H,5-6H2,1-4H3,(H,11,13);3-6H,1-2H3;2-5H,1H3;4H,1-3H3,(H,7,9);3-4H,1-2H3/t;;;;10-;;;4-;/m....0..0./s1. The number of sulfone groups is 6. The summed E-state index contributed by atoms with van der Waals surface area (Å²) in [6.07, 6.45) is 11.5. The Labute approximate surface area is 697 Å². The van der Waals surface area contributed by atoms with Gasteiger partial charge in [0.05, 0.1) is 31.1 Å². The number of aromatic nitrogens is 2. The number of carbonyl (C=O) groups excluding carboxylic acids is 5. The van der Waals surface area contributed by atoms with Crippen molar-refractivity contribution in [2.75, 3.05) is 37.5 Å². The lowest BCUT2D eigenvalue weighted by atomic mass is 9.99. The fraction of sp³-hybridized carbons (Fsp3) is 0.253. The highest BCUT2D eigenvalue weighted by Crippen LogP contribution is 2.31. The number of nitrogens with zero attached hydrogens (tertiary/aromatic N) is 2. The van der Waals surface area contributed by atoms with Crippen molar-refractivity contribution in [1.29, 1.82) is 0 Å². The van der Waals surface area contributed by atoms with E-state index in [0.29, 0.717) is 56.0 Å². The molecule has 0 saturated heterocycles. The fourth-order valence-corrected chi connectivity index (χ4v) is 15.9. The summed E-state index contributed by atoms with van der Waals surface area (Å²) < 4.78 is 151. The van der Waals surface area contributed by atoms with Gasteiger partial charge in [-0.2, -0.15) is 0 Å². The van der Waals surface area contributed by atoms with E-state index in [0.717, 1.165) is 61.9 Å². The van der Waals surface area contributed by atoms with E-state index in [2.05, 4.69) is 34.4 Å². The van der Waals surface area contributed by atoms with Gasteiger partial charge in [0.15, 0.2) is 75.6 Å². The molecule has 31 heteroatoms. The third-order valence-electron chi connectivity index (χ3n) is 15.9. The van der Waals surface area contributed by atoms with Crippen molar-refractivity contribution < 1.29 is 88.4 Å². The smallest absolute Gasteiger partial charge is 0.217 e. The summed E-state index contributed by atoms with van der Waals surface area (Å²) in [4.78, 5) is 63.7. The first kappa shape index (κ1) is 99.4. The van der Waals surface area contributed by atoms with Gasteiger partial charge in [0.25, 0.3) is 0 Å². The van der Waals surface area contributed by atoms with E-state index in [1.54, 1.807) is 167 Å². The van der Waals surface area contributed by atoms with Gasteiger partial charge in [0, 0.05) is 103 Å². The number of furan rings is 1. The largest absolute Gasteiger partial charge is 0.488 e. The zero-order chi connectivity index (χ0) is 88.4. The predicted molar refractivity (Wildman–Crippen MR) is 465 cm³/mol. The quantitative estimate of drug-likeness (QED) is 0.0710. The Hall–Kier alpha value is -10.9. The van der Waals surface area contributed by atoms with Crippen molar-refractivity contribution in [3.63, 3.8) is 0 Å². The SMILES string of the molecule is CC(=O)C[C@H](CC(C)C)NC(C)=O.CC(=O)N[C@@H](C)C(C)=O.CC(=O)c1ccc(Oc2ccccc2)cc1.CS(=O)(=O)c1ccc2oc3ccccc3c2c1.CS(=O)(=O)c1cccc2cccnc12.CS(=O)(=O)c1ccccc1OCc1ccccc1.CS(=O)(=O)c1ccccn1.Cc1ccc(S(C)(=O)=O)cc1.Cc1sccc1S(C)(=O)=O. The van der Waals surface area contributed by atoms with Gasteiger partial charge < -0.3 is 24.5 Å². The van der Waals surface area contributed by atoms with Crippen LogP contribution in [0.25, 0.3) is 32.8 Å². The van der Waals surface area contributed by atoms with E-state index >= 15 is 0 Å². The second kappa shape index (κ2) is 46.9. The normalized spacial score (nSPS) is 11.6. The van der Waals surface area contributed by atoms with Gasteiger partial charge in [-0.05, 0) is 180 Å². The predicted octanol–water partition coefficient (Wildman–Crippen LogP) is 15.9. The number of hydrogen-bond donors (Lipinski definition) is 2. The van der Waals surface area contributed by atoms with Gasteiger partial charge in [0.2, 0.25) is 11.8 Å². The van der Waals surface area contributed by atoms with Crippen molar-refractivity contribution in [1.82, 2.24) is 20.6 Å². The number of pyridine rings is 2. The number of rotatable bonds is 19. The Morgan fingerprint density at radius 2 is 0.966 bits per heavy atom. The van der Waals surface area contributed by atoms with Crippen LogP contribution in [-0.4, -0.2) is 139 Å². The second-order valence-electron chi connectivity index (χ2n) is 27.2. The molecule has 0 saturated carbocycles. The molecule has 0 unspecified atom stereocenters. The number of fused-ring (bicyclic) bond motifs is 4. The molecule has 4 aromatic heterocycles. The zero-order valence-electron chi connectivity index (χ0n) is 68.4. The van der Waals surface area contributed by atoms with Crippen LogP contribution in [0.4, 0.5) is 0 Å². The summed E-state index contributed by atoms with van der Waals surface area (Å²) in [5.41, 5.74) is 4.78. The number of nitrogens with one attached hydrogen (secondary N) is 2. The third kappa shape index (κ3) is 36.7. The molecule has 0 aliphatic heterocycles. The number of benzene rings is 8. The Bertz CT molecular complexity index is 6010. The summed E-state index contributed by atoms with van der Waals surface area (Å²) in [5.74, 6) is 2.34. The van der Waals surface area contributed by atoms with E-state index in [9.17, 15) is 74.5 Å². The van der Waals surface area contributed by atoms with Gasteiger partial charge in [-0.15, -0.1) is 11.3 Å². The number of aryl methyl sites for hydroxylation is 2. The maximum atomic E-state index is 11.6. The number of para-hydroxylation sites is 4. The zero-order valence-corrected chi connectivity index (χ0v) is 74.2. The number of carbonyl (C=O) groups is 5. The summed E-state index contributed by atoms with van der Waals surface area (Å²) in [7, 11) is -18.8. The van der Waals surface area contributed by atoms with Crippen molar-refractivity contribution in [2.45, 2.75) is 130 Å². The molecule has 0 spiro atoms. The molecule has 0 radical (unpaired) electrons. The van der Waals surface area contributed by atoms with Crippen LogP contribution in [-0.2, 0) is 84.8 Å². The van der Waals surface area contributed by atoms with Gasteiger partial charge in [0.1, 0.15) is 45.7 Å². The molecule has 12 rings (SSSR count). The summed E-state index contributed by atoms with van der Waals surface area (Å²) in [6.45, 7) is 17.3. The molecule has 630 valence electrons. The lowest BCUT2D eigenvalue weighted by molar-refractivity contribution is -0.125. The first-order valence-corrected chi connectivity index (χ1v) is 48.4. The average Bonchev–Trinajstić information content (AvgIpc) is 1.64. The highest BCUT2D eigenvalue weighted by Gasteiger charge is 2.18. The molecule has 0 bridgehead atoms. The first-order chi connectivity index (χ1) is 55.0. The molecule has 8 aromatic carbocycles. The molecule has 24 nitrogen and oxygen atoms in total. The number of amides is 2. The monoisotopic (exact) mass is 1740 g/mol.